The van der Waals surface area contributed by atoms with Crippen LogP contribution in [0.2, 0.25) is 0 Å². The van der Waals surface area contributed by atoms with E-state index in [1.807, 2.05) is 0 Å². The Bertz CT molecular complexity index is 255. The van der Waals surface area contributed by atoms with Crippen LogP contribution in [-0.2, 0) is 18.9 Å². The molecule has 0 spiro atoms. The standard InChI is InChI=1S/C6H11O7P/c7-5(8)2-1-3-6(9)13-4-14(10,11)12/h1-4H2,(H,7,8)(H2,10,11,12). The van der Waals surface area contributed by atoms with Crippen LogP contribution in [0.5, 0.6) is 0 Å². The van der Waals surface area contributed by atoms with Gasteiger partial charge in [-0.3, -0.25) is 14.2 Å². The Labute approximate surface area is 79.8 Å². The minimum atomic E-state index is -4.33. The maximum absolute atomic E-state index is 10.7. The van der Waals surface area contributed by atoms with E-state index in [4.69, 9.17) is 14.9 Å². The van der Waals surface area contributed by atoms with Gasteiger partial charge in [-0.1, -0.05) is 0 Å². The number of rotatable bonds is 6. The van der Waals surface area contributed by atoms with Crippen molar-refractivity contribution in [3.63, 3.8) is 0 Å². The molecule has 0 unspecified atom stereocenters. The fourth-order valence-corrected chi connectivity index (χ4v) is 0.924. The van der Waals surface area contributed by atoms with Crippen LogP contribution in [0.15, 0.2) is 0 Å². The molecule has 8 heteroatoms. The van der Waals surface area contributed by atoms with Gasteiger partial charge in [0.05, 0.1) is 0 Å². The summed E-state index contributed by atoms with van der Waals surface area (Å²) in [7, 11) is -4.33. The first-order valence-electron chi connectivity index (χ1n) is 3.73. The van der Waals surface area contributed by atoms with E-state index in [9.17, 15) is 14.2 Å². The molecule has 82 valence electrons. The Kier molecular flexibility index (Phi) is 5.37. The molecule has 0 bridgehead atoms. The zero-order chi connectivity index (χ0) is 11.2. The number of carboxylic acids is 1. The van der Waals surface area contributed by atoms with Crippen molar-refractivity contribution in [3.05, 3.63) is 0 Å². The lowest BCUT2D eigenvalue weighted by Crippen LogP contribution is -2.07. The van der Waals surface area contributed by atoms with Crippen molar-refractivity contribution >= 4 is 19.5 Å². The first kappa shape index (κ1) is 13.1. The predicted molar refractivity (Wildman–Crippen MR) is 44.5 cm³/mol. The van der Waals surface area contributed by atoms with Crippen LogP contribution in [0.1, 0.15) is 19.3 Å². The Morgan fingerprint density at radius 3 is 2.21 bits per heavy atom. The number of esters is 1. The summed E-state index contributed by atoms with van der Waals surface area (Å²) in [5.41, 5.74) is 0. The normalized spacial score (nSPS) is 11.0. The Balaban J connectivity index is 3.57. The lowest BCUT2D eigenvalue weighted by Gasteiger charge is -2.04. The van der Waals surface area contributed by atoms with Crippen LogP contribution < -0.4 is 0 Å². The van der Waals surface area contributed by atoms with Crippen molar-refractivity contribution < 1.29 is 33.8 Å². The van der Waals surface area contributed by atoms with E-state index < -0.39 is 25.9 Å². The Morgan fingerprint density at radius 2 is 1.79 bits per heavy atom. The van der Waals surface area contributed by atoms with E-state index in [-0.39, 0.29) is 19.3 Å². The summed E-state index contributed by atoms with van der Waals surface area (Å²) < 4.78 is 14.4. The van der Waals surface area contributed by atoms with E-state index in [1.54, 1.807) is 0 Å². The number of ether oxygens (including phenoxy) is 1. The highest BCUT2D eigenvalue weighted by atomic mass is 31.2. The van der Waals surface area contributed by atoms with Crippen molar-refractivity contribution in [3.8, 4) is 0 Å². The molecule has 0 rings (SSSR count). The summed E-state index contributed by atoms with van der Waals surface area (Å²) in [4.78, 5) is 37.4. The smallest absolute Gasteiger partial charge is 0.362 e. The monoisotopic (exact) mass is 226 g/mol. The van der Waals surface area contributed by atoms with Crippen molar-refractivity contribution in [2.24, 2.45) is 0 Å². The summed E-state index contributed by atoms with van der Waals surface area (Å²) >= 11 is 0. The second-order valence-electron chi connectivity index (χ2n) is 2.56. The average molecular weight is 226 g/mol. The zero-order valence-corrected chi connectivity index (χ0v) is 8.14. The lowest BCUT2D eigenvalue weighted by atomic mass is 10.2. The third-order valence-corrected chi connectivity index (χ3v) is 1.63. The van der Waals surface area contributed by atoms with Gasteiger partial charge in [0.25, 0.3) is 0 Å². The van der Waals surface area contributed by atoms with E-state index >= 15 is 0 Å². The van der Waals surface area contributed by atoms with Gasteiger partial charge < -0.3 is 19.6 Å². The van der Waals surface area contributed by atoms with E-state index in [0.717, 1.165) is 0 Å². The first-order valence-corrected chi connectivity index (χ1v) is 5.53. The highest BCUT2D eigenvalue weighted by Crippen LogP contribution is 2.33. The van der Waals surface area contributed by atoms with Crippen molar-refractivity contribution in [1.82, 2.24) is 0 Å². The number of carbonyl (C=O) groups excluding carboxylic acids is 1. The topological polar surface area (TPSA) is 121 Å². The number of aliphatic carboxylic acids is 1. The number of carboxylic acid groups (broad SMARTS) is 1. The molecule has 3 N–H and O–H groups in total. The minimum absolute atomic E-state index is 0.0926. The van der Waals surface area contributed by atoms with E-state index in [0.29, 0.717) is 0 Å². The highest BCUT2D eigenvalue weighted by Gasteiger charge is 2.16. The SMILES string of the molecule is O=C(O)CCCC(=O)OCP(=O)(O)O. The minimum Gasteiger partial charge on any atom is -0.481 e. The fourth-order valence-electron chi connectivity index (χ4n) is 0.612. The second kappa shape index (κ2) is 5.74. The molecule has 0 aromatic carbocycles. The van der Waals surface area contributed by atoms with E-state index in [2.05, 4.69) is 4.74 Å². The number of hydrogen-bond acceptors (Lipinski definition) is 4. The van der Waals surface area contributed by atoms with Gasteiger partial charge in [0, 0.05) is 12.8 Å². The van der Waals surface area contributed by atoms with Gasteiger partial charge >= 0.3 is 19.5 Å². The Morgan fingerprint density at radius 1 is 1.21 bits per heavy atom. The molecule has 0 saturated carbocycles. The fraction of sp³-hybridized carbons (Fsp3) is 0.667. The van der Waals surface area contributed by atoms with Gasteiger partial charge in [-0.05, 0) is 6.42 Å². The summed E-state index contributed by atoms with van der Waals surface area (Å²) in [5, 5.41) is 8.21. The predicted octanol–water partition coefficient (Wildman–Crippen LogP) is -0.0803. The molecular formula is C6H11O7P. The van der Waals surface area contributed by atoms with Crippen molar-refractivity contribution in [2.75, 3.05) is 6.35 Å². The molecule has 0 atom stereocenters. The van der Waals surface area contributed by atoms with Crippen LogP contribution in [0, 0.1) is 0 Å². The maximum atomic E-state index is 10.7. The molecule has 0 aliphatic rings. The largest absolute Gasteiger partial charge is 0.481 e. The van der Waals surface area contributed by atoms with Crippen molar-refractivity contribution in [1.29, 1.82) is 0 Å². The van der Waals surface area contributed by atoms with Crippen LogP contribution in [0.3, 0.4) is 0 Å². The van der Waals surface area contributed by atoms with Gasteiger partial charge in [0.1, 0.15) is 0 Å². The molecule has 0 aromatic heterocycles. The maximum Gasteiger partial charge on any atom is 0.362 e. The summed E-state index contributed by atoms with van der Waals surface area (Å²) in [6.45, 7) is 0. The third-order valence-electron chi connectivity index (χ3n) is 1.17. The summed E-state index contributed by atoms with van der Waals surface area (Å²) in [6.07, 6.45) is -1.20. The molecule has 0 heterocycles. The van der Waals surface area contributed by atoms with Crippen molar-refractivity contribution in [2.45, 2.75) is 19.3 Å². The number of hydrogen-bond donors (Lipinski definition) is 3. The molecule has 0 aromatic rings. The molecule has 14 heavy (non-hydrogen) atoms. The van der Waals surface area contributed by atoms with Crippen LogP contribution in [0.4, 0.5) is 0 Å². The highest BCUT2D eigenvalue weighted by molar-refractivity contribution is 7.51. The lowest BCUT2D eigenvalue weighted by molar-refractivity contribution is -0.142. The average Bonchev–Trinajstić information content (AvgIpc) is 1.99. The van der Waals surface area contributed by atoms with Gasteiger partial charge in [-0.25, -0.2) is 0 Å². The third kappa shape index (κ3) is 9.18. The Hall–Kier alpha value is -0.910. The van der Waals surface area contributed by atoms with Gasteiger partial charge in [-0.15, -0.1) is 0 Å². The molecule has 0 amide bonds. The summed E-state index contributed by atoms with van der Waals surface area (Å²) in [6, 6.07) is 0. The van der Waals surface area contributed by atoms with Gasteiger partial charge in [0.2, 0.25) is 0 Å². The second-order valence-corrected chi connectivity index (χ2v) is 4.14. The summed E-state index contributed by atoms with van der Waals surface area (Å²) in [5.74, 6) is -1.85. The quantitative estimate of drug-likeness (QED) is 0.427. The van der Waals surface area contributed by atoms with Crippen LogP contribution in [0.25, 0.3) is 0 Å². The molecular weight excluding hydrogens is 215 g/mol. The molecule has 0 radical (unpaired) electrons. The zero-order valence-electron chi connectivity index (χ0n) is 7.25. The van der Waals surface area contributed by atoms with Gasteiger partial charge in [-0.2, -0.15) is 0 Å². The number of carbonyl (C=O) groups is 2. The molecule has 0 fully saturated rings. The van der Waals surface area contributed by atoms with Crippen LogP contribution >= 0.6 is 7.60 Å². The molecule has 0 aliphatic carbocycles. The van der Waals surface area contributed by atoms with Gasteiger partial charge in [0.15, 0.2) is 6.35 Å². The molecule has 0 aliphatic heterocycles. The molecule has 0 saturated heterocycles. The first-order chi connectivity index (χ1) is 6.31. The van der Waals surface area contributed by atoms with E-state index in [1.165, 1.54) is 0 Å². The van der Waals surface area contributed by atoms with Crippen LogP contribution in [-0.4, -0.2) is 33.2 Å². The molecule has 7 nitrogen and oxygen atoms in total.